The van der Waals surface area contributed by atoms with Crippen LogP contribution in [-0.4, -0.2) is 15.0 Å². The van der Waals surface area contributed by atoms with Crippen LogP contribution < -0.4 is 0 Å². The molecule has 3 aromatic heterocycles. The van der Waals surface area contributed by atoms with Gasteiger partial charge in [0.2, 0.25) is 17.7 Å². The molecule has 0 saturated heterocycles. The highest BCUT2D eigenvalue weighted by molar-refractivity contribution is 5.74. The second kappa shape index (κ2) is 22.4. The smallest absolute Gasteiger partial charge is 0.226 e. The fourth-order valence-corrected chi connectivity index (χ4v) is 7.40. The molecule has 0 N–H and O–H groups in total. The number of hydrogen-bond donors (Lipinski definition) is 0. The Kier molecular flexibility index (Phi) is 14.6. The summed E-state index contributed by atoms with van der Waals surface area (Å²) in [5.41, 5.74) is 13.4. The van der Waals surface area contributed by atoms with Crippen LogP contribution in [0, 0.1) is 13.8 Å². The minimum absolute atomic E-state index is 0.586. The van der Waals surface area contributed by atoms with Gasteiger partial charge in [-0.15, -0.1) is 0 Å². The standard InChI is InChI=1S/C24H16N2O2.C24H22.C15H11NO/c1-3-7-17(8-4-1)21-15-25-23(27-21)19-11-13-20(14-12-19)24-26-16-22(28-24)18-9-5-2-6-10-18;1-19-7-3-5-9-23(19)17-15-21-11-13-22(14-12-21)16-18-24-10-6-4-8-20(24)2;1-3-7-12(8-4-1)14-11-16-15(17-14)13-9-5-2-6-10-13/h1-16H;3-18H,1-2H3;1-11H. The zero-order valence-electron chi connectivity index (χ0n) is 38.4. The molecule has 0 saturated carbocycles. The van der Waals surface area contributed by atoms with E-state index >= 15 is 0 Å². The van der Waals surface area contributed by atoms with Gasteiger partial charge in [-0.05, 0) is 83.6 Å². The van der Waals surface area contributed by atoms with Crippen LogP contribution in [0.3, 0.4) is 0 Å². The van der Waals surface area contributed by atoms with Gasteiger partial charge >= 0.3 is 0 Å². The van der Waals surface area contributed by atoms with Crippen molar-refractivity contribution in [3.05, 3.63) is 270 Å². The first kappa shape index (κ1) is 45.0. The molecule has 334 valence electrons. The van der Waals surface area contributed by atoms with Crippen LogP contribution in [0.4, 0.5) is 0 Å². The Hall–Kier alpha value is -9.13. The van der Waals surface area contributed by atoms with Crippen LogP contribution in [0.1, 0.15) is 33.4 Å². The quantitative estimate of drug-likeness (QED) is 0.127. The fraction of sp³-hybridized carbons (Fsp3) is 0.0317. The number of hydrogen-bond acceptors (Lipinski definition) is 6. The molecule has 6 nitrogen and oxygen atoms in total. The lowest BCUT2D eigenvalue weighted by Crippen LogP contribution is -1.80. The molecular formula is C63H49N3O3. The molecule has 0 fully saturated rings. The molecular weight excluding hydrogens is 847 g/mol. The number of rotatable bonds is 10. The lowest BCUT2D eigenvalue weighted by atomic mass is 10.0. The van der Waals surface area contributed by atoms with Crippen molar-refractivity contribution < 1.29 is 13.3 Å². The van der Waals surface area contributed by atoms with Crippen molar-refractivity contribution in [1.82, 2.24) is 15.0 Å². The number of oxazole rings is 3. The summed E-state index contributed by atoms with van der Waals surface area (Å²) in [6.07, 6.45) is 13.9. The maximum atomic E-state index is 5.91. The number of nitrogens with zero attached hydrogens (tertiary/aromatic N) is 3. The van der Waals surface area contributed by atoms with Gasteiger partial charge in [0.25, 0.3) is 0 Å². The molecule has 11 aromatic rings. The molecule has 0 unspecified atom stereocenters. The van der Waals surface area contributed by atoms with Gasteiger partial charge < -0.3 is 13.3 Å². The van der Waals surface area contributed by atoms with E-state index in [4.69, 9.17) is 13.3 Å². The molecule has 0 aliphatic heterocycles. The Morgan fingerprint density at radius 3 is 0.870 bits per heavy atom. The molecule has 11 rings (SSSR count). The summed E-state index contributed by atoms with van der Waals surface area (Å²) >= 11 is 0. The van der Waals surface area contributed by atoms with E-state index < -0.39 is 0 Å². The lowest BCUT2D eigenvalue weighted by molar-refractivity contribution is 0.587. The van der Waals surface area contributed by atoms with E-state index in [-0.39, 0.29) is 0 Å². The Morgan fingerprint density at radius 2 is 0.551 bits per heavy atom. The highest BCUT2D eigenvalue weighted by atomic mass is 16.4. The topological polar surface area (TPSA) is 78.1 Å². The fourth-order valence-electron chi connectivity index (χ4n) is 7.40. The van der Waals surface area contributed by atoms with Gasteiger partial charge in [-0.1, -0.05) is 206 Å². The van der Waals surface area contributed by atoms with Crippen LogP contribution in [-0.2, 0) is 0 Å². The Balaban J connectivity index is 0.000000133. The highest BCUT2D eigenvalue weighted by Crippen LogP contribution is 2.30. The average molecular weight is 896 g/mol. The van der Waals surface area contributed by atoms with Crippen molar-refractivity contribution in [3.8, 4) is 68.3 Å². The second-order valence-corrected chi connectivity index (χ2v) is 16.2. The Labute approximate surface area is 403 Å². The van der Waals surface area contributed by atoms with Crippen LogP contribution in [0.2, 0.25) is 0 Å². The van der Waals surface area contributed by atoms with Crippen molar-refractivity contribution in [2.75, 3.05) is 0 Å². The van der Waals surface area contributed by atoms with Gasteiger partial charge in [-0.25, -0.2) is 15.0 Å². The molecule has 8 aromatic carbocycles. The maximum Gasteiger partial charge on any atom is 0.226 e. The van der Waals surface area contributed by atoms with Gasteiger partial charge in [0.15, 0.2) is 17.3 Å². The predicted molar refractivity (Wildman–Crippen MR) is 282 cm³/mol. The third-order valence-electron chi connectivity index (χ3n) is 11.3. The van der Waals surface area contributed by atoms with Crippen LogP contribution >= 0.6 is 0 Å². The minimum atomic E-state index is 0.586. The summed E-state index contributed by atoms with van der Waals surface area (Å²) in [4.78, 5) is 13.1. The van der Waals surface area contributed by atoms with Crippen molar-refractivity contribution in [1.29, 1.82) is 0 Å². The van der Waals surface area contributed by atoms with Gasteiger partial charge in [0.1, 0.15) is 0 Å². The summed E-state index contributed by atoms with van der Waals surface area (Å²) < 4.78 is 17.6. The summed E-state index contributed by atoms with van der Waals surface area (Å²) in [5.74, 6) is 4.12. The van der Waals surface area contributed by atoms with Crippen molar-refractivity contribution in [3.63, 3.8) is 0 Å². The van der Waals surface area contributed by atoms with E-state index in [1.165, 1.54) is 33.4 Å². The molecule has 3 heterocycles. The Morgan fingerprint density at radius 1 is 0.275 bits per heavy atom. The van der Waals surface area contributed by atoms with Crippen LogP contribution in [0.25, 0.3) is 92.6 Å². The largest absolute Gasteiger partial charge is 0.436 e. The van der Waals surface area contributed by atoms with Crippen molar-refractivity contribution >= 4 is 24.3 Å². The van der Waals surface area contributed by atoms with Crippen molar-refractivity contribution in [2.45, 2.75) is 13.8 Å². The minimum Gasteiger partial charge on any atom is -0.436 e. The lowest BCUT2D eigenvalue weighted by Gasteiger charge is -2.00. The van der Waals surface area contributed by atoms with E-state index in [0.717, 1.165) is 50.7 Å². The first-order valence-electron chi connectivity index (χ1n) is 22.8. The SMILES string of the molecule is Cc1ccccc1C=Cc1ccc(C=Cc2ccccc2C)cc1.c1ccc(-c2cnc(-c3ccc(-c4ncc(-c5ccccc5)o4)cc3)o2)cc1.c1ccc(-c2cnc(-c3ccccc3)o2)cc1. The van der Waals surface area contributed by atoms with Gasteiger partial charge in [-0.3, -0.25) is 0 Å². The summed E-state index contributed by atoms with van der Waals surface area (Å²) in [5, 5.41) is 0. The molecule has 69 heavy (non-hydrogen) atoms. The van der Waals surface area contributed by atoms with Crippen LogP contribution in [0.5, 0.6) is 0 Å². The van der Waals surface area contributed by atoms with Crippen molar-refractivity contribution in [2.24, 2.45) is 0 Å². The normalized spacial score (nSPS) is 10.9. The molecule has 0 bridgehead atoms. The molecule has 0 radical (unpaired) electrons. The van der Waals surface area contributed by atoms with E-state index in [0.29, 0.717) is 17.7 Å². The highest BCUT2D eigenvalue weighted by Gasteiger charge is 2.12. The first-order valence-corrected chi connectivity index (χ1v) is 22.8. The third kappa shape index (κ3) is 12.0. The number of aryl methyl sites for hydroxylation is 2. The molecule has 6 heteroatoms. The van der Waals surface area contributed by atoms with Gasteiger partial charge in [0.05, 0.1) is 18.6 Å². The maximum absolute atomic E-state index is 5.91. The van der Waals surface area contributed by atoms with E-state index in [9.17, 15) is 0 Å². The second-order valence-electron chi connectivity index (χ2n) is 16.2. The van der Waals surface area contributed by atoms with E-state index in [1.54, 1.807) is 18.6 Å². The Bertz CT molecular complexity index is 3140. The molecule has 0 aliphatic rings. The molecule has 0 aliphatic carbocycles. The zero-order chi connectivity index (χ0) is 47.0. The van der Waals surface area contributed by atoms with Gasteiger partial charge in [0, 0.05) is 33.4 Å². The van der Waals surface area contributed by atoms with E-state index in [1.807, 2.05) is 146 Å². The van der Waals surface area contributed by atoms with Gasteiger partial charge in [-0.2, -0.15) is 0 Å². The average Bonchev–Trinajstić information content (AvgIpc) is 4.24. The van der Waals surface area contributed by atoms with E-state index in [2.05, 4.69) is 126 Å². The molecule has 0 spiro atoms. The monoisotopic (exact) mass is 895 g/mol. The molecule has 0 amide bonds. The third-order valence-corrected chi connectivity index (χ3v) is 11.3. The summed E-state index contributed by atoms with van der Waals surface area (Å²) in [6, 6.07) is 73.1. The number of aromatic nitrogens is 3. The predicted octanol–water partition coefficient (Wildman–Crippen LogP) is 17.0. The molecule has 0 atom stereocenters. The number of benzene rings is 8. The zero-order valence-corrected chi connectivity index (χ0v) is 38.4. The first-order chi connectivity index (χ1) is 34.0. The summed E-state index contributed by atoms with van der Waals surface area (Å²) in [6.45, 7) is 4.28. The van der Waals surface area contributed by atoms with Crippen LogP contribution in [0.15, 0.2) is 250 Å². The summed E-state index contributed by atoms with van der Waals surface area (Å²) in [7, 11) is 0.